The van der Waals surface area contributed by atoms with Crippen molar-refractivity contribution in [3.05, 3.63) is 35.4 Å². The molecule has 0 atom stereocenters. The van der Waals surface area contributed by atoms with Gasteiger partial charge in [-0.05, 0) is 19.9 Å². The van der Waals surface area contributed by atoms with Crippen LogP contribution in [0.15, 0.2) is 18.5 Å². The summed E-state index contributed by atoms with van der Waals surface area (Å²) in [4.78, 5) is 16.1. The molecule has 0 saturated heterocycles. The summed E-state index contributed by atoms with van der Waals surface area (Å²) in [5.41, 5.74) is 8.78. The second kappa shape index (κ2) is 4.48. The van der Waals surface area contributed by atoms with Gasteiger partial charge >= 0.3 is 0 Å². The number of pyridine rings is 1. The minimum atomic E-state index is -0.281. The molecule has 0 spiro atoms. The fourth-order valence-corrected chi connectivity index (χ4v) is 1.68. The summed E-state index contributed by atoms with van der Waals surface area (Å²) in [5.74, 6) is -0.281. The van der Waals surface area contributed by atoms with E-state index in [1.54, 1.807) is 24.0 Å². The van der Waals surface area contributed by atoms with Gasteiger partial charge in [0.05, 0.1) is 16.9 Å². The second-order valence-electron chi connectivity index (χ2n) is 4.17. The second-order valence-corrected chi connectivity index (χ2v) is 4.17. The Morgan fingerprint density at radius 3 is 2.72 bits per heavy atom. The molecule has 0 radical (unpaired) electrons. The van der Waals surface area contributed by atoms with E-state index >= 15 is 0 Å². The Morgan fingerprint density at radius 1 is 1.44 bits per heavy atom. The van der Waals surface area contributed by atoms with Crippen molar-refractivity contribution in [1.82, 2.24) is 14.8 Å². The Labute approximate surface area is 105 Å². The van der Waals surface area contributed by atoms with Gasteiger partial charge in [-0.1, -0.05) is 0 Å². The molecular weight excluding hydrogens is 230 g/mol. The van der Waals surface area contributed by atoms with Gasteiger partial charge in [-0.3, -0.25) is 14.5 Å². The lowest BCUT2D eigenvalue weighted by molar-refractivity contribution is 0.102. The Balaban J connectivity index is 2.24. The van der Waals surface area contributed by atoms with E-state index in [-0.39, 0.29) is 5.91 Å². The van der Waals surface area contributed by atoms with Gasteiger partial charge in [0.2, 0.25) is 0 Å². The third kappa shape index (κ3) is 2.32. The summed E-state index contributed by atoms with van der Waals surface area (Å²) in [6.07, 6.45) is 3.22. The molecule has 94 valence electrons. The molecule has 18 heavy (non-hydrogen) atoms. The number of nitrogens with one attached hydrogen (secondary N) is 1. The average Bonchev–Trinajstić information content (AvgIpc) is 2.57. The molecule has 6 heteroatoms. The molecule has 2 rings (SSSR count). The van der Waals surface area contributed by atoms with Gasteiger partial charge in [-0.2, -0.15) is 5.10 Å². The number of aromatic nitrogens is 3. The molecule has 6 nitrogen and oxygen atoms in total. The first-order valence-corrected chi connectivity index (χ1v) is 5.51. The molecule has 0 saturated carbocycles. The number of rotatable bonds is 2. The largest absolute Gasteiger partial charge is 0.398 e. The highest BCUT2D eigenvalue weighted by Gasteiger charge is 2.13. The molecule has 2 aromatic heterocycles. The highest BCUT2D eigenvalue weighted by atomic mass is 16.1. The van der Waals surface area contributed by atoms with Crippen molar-refractivity contribution < 1.29 is 4.79 Å². The van der Waals surface area contributed by atoms with Crippen LogP contribution in [0, 0.1) is 13.8 Å². The van der Waals surface area contributed by atoms with Crippen LogP contribution in [0.5, 0.6) is 0 Å². The number of amides is 1. The Morgan fingerprint density at radius 2 is 2.17 bits per heavy atom. The first-order valence-electron chi connectivity index (χ1n) is 5.51. The van der Waals surface area contributed by atoms with Crippen molar-refractivity contribution >= 4 is 17.3 Å². The van der Waals surface area contributed by atoms with Crippen molar-refractivity contribution in [2.24, 2.45) is 7.05 Å². The molecule has 0 bridgehead atoms. The van der Waals surface area contributed by atoms with Crippen LogP contribution in [0.1, 0.15) is 21.7 Å². The van der Waals surface area contributed by atoms with E-state index in [1.807, 2.05) is 13.8 Å². The van der Waals surface area contributed by atoms with Crippen LogP contribution in [-0.2, 0) is 7.05 Å². The smallest absolute Gasteiger partial charge is 0.259 e. The van der Waals surface area contributed by atoms with Crippen LogP contribution >= 0.6 is 0 Å². The zero-order chi connectivity index (χ0) is 13.3. The zero-order valence-corrected chi connectivity index (χ0v) is 10.6. The number of carbonyl (C=O) groups excluding carboxylic acids is 1. The molecule has 3 N–H and O–H groups in total. The highest BCUT2D eigenvalue weighted by Crippen LogP contribution is 2.16. The lowest BCUT2D eigenvalue weighted by atomic mass is 10.2. The van der Waals surface area contributed by atoms with E-state index in [1.165, 1.54) is 6.20 Å². The summed E-state index contributed by atoms with van der Waals surface area (Å²) in [6, 6.07) is 1.67. The fourth-order valence-electron chi connectivity index (χ4n) is 1.68. The van der Waals surface area contributed by atoms with Crippen LogP contribution in [0.2, 0.25) is 0 Å². The normalized spacial score (nSPS) is 10.4. The molecule has 0 aliphatic rings. The summed E-state index contributed by atoms with van der Waals surface area (Å²) in [7, 11) is 1.80. The number of hydrogen-bond donors (Lipinski definition) is 2. The van der Waals surface area contributed by atoms with Crippen LogP contribution < -0.4 is 11.1 Å². The fraction of sp³-hybridized carbons (Fsp3) is 0.250. The topological polar surface area (TPSA) is 85.8 Å². The van der Waals surface area contributed by atoms with E-state index in [0.29, 0.717) is 16.9 Å². The van der Waals surface area contributed by atoms with E-state index in [2.05, 4.69) is 15.4 Å². The van der Waals surface area contributed by atoms with E-state index in [4.69, 9.17) is 5.73 Å². The number of anilines is 2. The monoisotopic (exact) mass is 245 g/mol. The van der Waals surface area contributed by atoms with Crippen LogP contribution in [0.4, 0.5) is 11.4 Å². The highest BCUT2D eigenvalue weighted by molar-refractivity contribution is 6.07. The number of aryl methyl sites for hydroxylation is 3. The minimum absolute atomic E-state index is 0.281. The van der Waals surface area contributed by atoms with Crippen molar-refractivity contribution in [1.29, 1.82) is 0 Å². The predicted octanol–water partition coefficient (Wildman–Crippen LogP) is 1.27. The molecule has 2 heterocycles. The molecule has 0 fully saturated rings. The van der Waals surface area contributed by atoms with Gasteiger partial charge in [0.1, 0.15) is 0 Å². The minimum Gasteiger partial charge on any atom is -0.398 e. The SMILES string of the molecule is Cc1cc(N)c(C(=O)Nc2cn(C)nc2C)cn1. The summed E-state index contributed by atoms with van der Waals surface area (Å²) in [5, 5.41) is 6.91. The Bertz CT molecular complexity index is 603. The van der Waals surface area contributed by atoms with Crippen molar-refractivity contribution in [2.45, 2.75) is 13.8 Å². The predicted molar refractivity (Wildman–Crippen MR) is 69.3 cm³/mol. The molecule has 2 aromatic rings. The Hall–Kier alpha value is -2.37. The molecular formula is C12H15N5O. The molecule has 0 aliphatic heterocycles. The van der Waals surface area contributed by atoms with E-state index < -0.39 is 0 Å². The maximum absolute atomic E-state index is 12.0. The van der Waals surface area contributed by atoms with Gasteiger partial charge in [0.15, 0.2) is 0 Å². The molecule has 1 amide bonds. The first-order chi connectivity index (χ1) is 8.47. The number of carbonyl (C=O) groups is 1. The maximum atomic E-state index is 12.0. The third-order valence-corrected chi connectivity index (χ3v) is 2.58. The average molecular weight is 245 g/mol. The van der Waals surface area contributed by atoms with Gasteiger partial charge in [0.25, 0.3) is 5.91 Å². The number of hydrogen-bond acceptors (Lipinski definition) is 4. The summed E-state index contributed by atoms with van der Waals surface area (Å²) >= 11 is 0. The van der Waals surface area contributed by atoms with Crippen LogP contribution in [-0.4, -0.2) is 20.7 Å². The summed E-state index contributed by atoms with van der Waals surface area (Å²) < 4.78 is 1.64. The third-order valence-electron chi connectivity index (χ3n) is 2.58. The number of nitrogens with zero attached hydrogens (tertiary/aromatic N) is 3. The van der Waals surface area contributed by atoms with Crippen molar-refractivity contribution in [3.63, 3.8) is 0 Å². The van der Waals surface area contributed by atoms with E-state index in [9.17, 15) is 4.79 Å². The lowest BCUT2D eigenvalue weighted by Gasteiger charge is -2.06. The van der Waals surface area contributed by atoms with Crippen molar-refractivity contribution in [2.75, 3.05) is 11.1 Å². The molecule has 0 aromatic carbocycles. The van der Waals surface area contributed by atoms with Gasteiger partial charge in [-0.25, -0.2) is 0 Å². The standard InChI is InChI=1S/C12H15N5O/c1-7-4-10(13)9(5-14-7)12(18)15-11-6-17(3)16-8(11)2/h4-6H,1-3H3,(H2,13,14)(H,15,18). The van der Waals surface area contributed by atoms with Gasteiger partial charge in [0, 0.05) is 30.8 Å². The lowest BCUT2D eigenvalue weighted by Crippen LogP contribution is -2.15. The van der Waals surface area contributed by atoms with Crippen LogP contribution in [0.3, 0.4) is 0 Å². The van der Waals surface area contributed by atoms with Gasteiger partial charge < -0.3 is 11.1 Å². The number of nitrogen functional groups attached to an aromatic ring is 1. The van der Waals surface area contributed by atoms with E-state index in [0.717, 1.165) is 11.4 Å². The maximum Gasteiger partial charge on any atom is 0.259 e. The van der Waals surface area contributed by atoms with Crippen molar-refractivity contribution in [3.8, 4) is 0 Å². The molecule has 0 aliphatic carbocycles. The van der Waals surface area contributed by atoms with Crippen LogP contribution in [0.25, 0.3) is 0 Å². The number of nitrogens with two attached hydrogens (primary N) is 1. The quantitative estimate of drug-likeness (QED) is 0.834. The zero-order valence-electron chi connectivity index (χ0n) is 10.6. The summed E-state index contributed by atoms with van der Waals surface area (Å²) in [6.45, 7) is 3.65. The van der Waals surface area contributed by atoms with Gasteiger partial charge in [-0.15, -0.1) is 0 Å². The molecule has 0 unspecified atom stereocenters. The first kappa shape index (κ1) is 12.1. The Kier molecular flexibility index (Phi) is 3.01.